The molecular formula is C17H13NO3S2. The maximum Gasteiger partial charge on any atom is 0.358 e. The van der Waals surface area contributed by atoms with Crippen molar-refractivity contribution in [1.29, 1.82) is 0 Å². The molecule has 0 bridgehead atoms. The van der Waals surface area contributed by atoms with Crippen LogP contribution in [0.2, 0.25) is 0 Å². The van der Waals surface area contributed by atoms with E-state index >= 15 is 0 Å². The van der Waals surface area contributed by atoms with Crippen LogP contribution in [-0.2, 0) is 4.74 Å². The van der Waals surface area contributed by atoms with E-state index in [1.807, 2.05) is 23.6 Å². The van der Waals surface area contributed by atoms with Crippen LogP contribution in [0.25, 0.3) is 9.88 Å². The largest absolute Gasteiger partial charge is 0.450 e. The van der Waals surface area contributed by atoms with Crippen molar-refractivity contribution in [2.45, 2.75) is 13.0 Å². The molecule has 2 heterocycles. The van der Waals surface area contributed by atoms with E-state index in [1.165, 1.54) is 11.3 Å². The van der Waals surface area contributed by atoms with Crippen molar-refractivity contribution in [3.63, 3.8) is 0 Å². The minimum Gasteiger partial charge on any atom is -0.450 e. The van der Waals surface area contributed by atoms with Gasteiger partial charge in [-0.25, -0.2) is 9.78 Å². The molecule has 116 valence electrons. The third-order valence-electron chi connectivity index (χ3n) is 3.16. The van der Waals surface area contributed by atoms with Crippen LogP contribution >= 0.6 is 22.7 Å². The monoisotopic (exact) mass is 343 g/mol. The third-order valence-corrected chi connectivity index (χ3v) is 5.04. The van der Waals surface area contributed by atoms with E-state index in [-0.39, 0.29) is 11.5 Å². The molecule has 0 radical (unpaired) electrons. The molecule has 0 aliphatic rings. The maximum absolute atomic E-state index is 12.2. The summed E-state index contributed by atoms with van der Waals surface area (Å²) in [6.45, 7) is 1.57. The van der Waals surface area contributed by atoms with Crippen molar-refractivity contribution < 1.29 is 14.3 Å². The fraction of sp³-hybridized carbons (Fsp3) is 0.118. The van der Waals surface area contributed by atoms with Gasteiger partial charge in [0.05, 0.1) is 4.88 Å². The van der Waals surface area contributed by atoms with Crippen molar-refractivity contribution >= 4 is 34.4 Å². The first kappa shape index (κ1) is 15.6. The van der Waals surface area contributed by atoms with Crippen molar-refractivity contribution in [3.05, 3.63) is 64.5 Å². The van der Waals surface area contributed by atoms with Gasteiger partial charge in [0, 0.05) is 10.9 Å². The van der Waals surface area contributed by atoms with Crippen LogP contribution in [0.1, 0.15) is 27.8 Å². The first-order valence-corrected chi connectivity index (χ1v) is 8.70. The number of ether oxygens (including phenoxy) is 1. The number of aromatic nitrogens is 1. The molecule has 0 unspecified atom stereocenters. The van der Waals surface area contributed by atoms with Gasteiger partial charge in [-0.1, -0.05) is 36.4 Å². The number of nitrogens with zero attached hydrogens (tertiary/aromatic N) is 1. The average molecular weight is 343 g/mol. The fourth-order valence-corrected chi connectivity index (χ4v) is 3.60. The highest BCUT2D eigenvalue weighted by Gasteiger charge is 2.22. The van der Waals surface area contributed by atoms with Gasteiger partial charge in [-0.2, -0.15) is 0 Å². The predicted molar refractivity (Wildman–Crippen MR) is 91.1 cm³/mol. The smallest absolute Gasteiger partial charge is 0.358 e. The van der Waals surface area contributed by atoms with Gasteiger partial charge in [-0.3, -0.25) is 4.79 Å². The fourth-order valence-electron chi connectivity index (χ4n) is 1.99. The van der Waals surface area contributed by atoms with E-state index in [0.29, 0.717) is 5.56 Å². The molecule has 3 rings (SSSR count). The summed E-state index contributed by atoms with van der Waals surface area (Å²) in [5, 5.41) is 4.38. The highest BCUT2D eigenvalue weighted by Crippen LogP contribution is 2.28. The van der Waals surface area contributed by atoms with Crippen LogP contribution < -0.4 is 0 Å². The Morgan fingerprint density at radius 3 is 2.57 bits per heavy atom. The summed E-state index contributed by atoms with van der Waals surface area (Å²) in [6, 6.07) is 12.6. The number of thiophene rings is 1. The first-order chi connectivity index (χ1) is 11.1. The standard InChI is InChI=1S/C17H13NO3S2/c1-11(15(19)12-6-3-2-4-7-12)21-17(20)13-10-23-16(18-13)14-8-5-9-22-14/h2-11H,1H3/t11-/m0/s1. The molecule has 0 N–H and O–H groups in total. The lowest BCUT2D eigenvalue weighted by molar-refractivity contribution is 0.0314. The van der Waals surface area contributed by atoms with Gasteiger partial charge in [0.15, 0.2) is 11.8 Å². The highest BCUT2D eigenvalue weighted by atomic mass is 32.1. The number of benzene rings is 1. The zero-order valence-electron chi connectivity index (χ0n) is 12.3. The SMILES string of the molecule is C[C@H](OC(=O)c1csc(-c2cccs2)n1)C(=O)c1ccccc1. The molecule has 0 fully saturated rings. The normalized spacial score (nSPS) is 11.9. The topological polar surface area (TPSA) is 56.3 Å². The number of esters is 1. The number of Topliss-reactive ketones (excluding diaryl/α,β-unsaturated/α-hetero) is 1. The minimum absolute atomic E-state index is 0.228. The molecule has 0 saturated heterocycles. The van der Waals surface area contributed by atoms with Crippen molar-refractivity contribution in [1.82, 2.24) is 4.98 Å². The second-order valence-corrected chi connectivity index (χ2v) is 6.60. The van der Waals surface area contributed by atoms with Crippen molar-refractivity contribution in [2.24, 2.45) is 0 Å². The van der Waals surface area contributed by atoms with Crippen LogP contribution in [0, 0.1) is 0 Å². The van der Waals surface area contributed by atoms with Crippen LogP contribution in [0.3, 0.4) is 0 Å². The Morgan fingerprint density at radius 2 is 1.87 bits per heavy atom. The van der Waals surface area contributed by atoms with Gasteiger partial charge >= 0.3 is 5.97 Å². The third kappa shape index (κ3) is 3.55. The summed E-state index contributed by atoms with van der Waals surface area (Å²) < 4.78 is 5.24. The molecule has 0 saturated carbocycles. The average Bonchev–Trinajstić information content (AvgIpc) is 3.25. The number of hydrogen-bond donors (Lipinski definition) is 0. The molecule has 3 aromatic rings. The first-order valence-electron chi connectivity index (χ1n) is 6.95. The van der Waals surface area contributed by atoms with Gasteiger partial charge in [0.25, 0.3) is 0 Å². The summed E-state index contributed by atoms with van der Waals surface area (Å²) in [4.78, 5) is 29.6. The minimum atomic E-state index is -0.850. The summed E-state index contributed by atoms with van der Waals surface area (Å²) >= 11 is 2.94. The second kappa shape index (κ2) is 6.85. The molecular weight excluding hydrogens is 330 g/mol. The molecule has 6 heteroatoms. The van der Waals surface area contributed by atoms with Crippen LogP contribution in [0.5, 0.6) is 0 Å². The van der Waals surface area contributed by atoms with E-state index in [1.54, 1.807) is 47.9 Å². The second-order valence-electron chi connectivity index (χ2n) is 4.79. The Bertz CT molecular complexity index is 810. The summed E-state index contributed by atoms with van der Waals surface area (Å²) in [5.74, 6) is -0.812. The lowest BCUT2D eigenvalue weighted by Gasteiger charge is -2.11. The van der Waals surface area contributed by atoms with E-state index in [4.69, 9.17) is 4.74 Å². The molecule has 0 aliphatic heterocycles. The van der Waals surface area contributed by atoms with Crippen molar-refractivity contribution in [2.75, 3.05) is 0 Å². The molecule has 23 heavy (non-hydrogen) atoms. The molecule has 0 spiro atoms. The molecule has 2 aromatic heterocycles. The van der Waals surface area contributed by atoms with Crippen LogP contribution in [0.4, 0.5) is 0 Å². The van der Waals surface area contributed by atoms with E-state index in [9.17, 15) is 9.59 Å². The Hall–Kier alpha value is -2.31. The lowest BCUT2D eigenvalue weighted by atomic mass is 10.1. The Kier molecular flexibility index (Phi) is 4.64. The van der Waals surface area contributed by atoms with E-state index in [0.717, 1.165) is 9.88 Å². The molecule has 0 aliphatic carbocycles. The highest BCUT2D eigenvalue weighted by molar-refractivity contribution is 7.20. The van der Waals surface area contributed by atoms with Crippen LogP contribution in [0.15, 0.2) is 53.2 Å². The Labute approximate surface area is 141 Å². The molecule has 4 nitrogen and oxygen atoms in total. The van der Waals surface area contributed by atoms with Gasteiger partial charge in [0.2, 0.25) is 5.78 Å². The molecule has 1 atom stereocenters. The number of carbonyl (C=O) groups excluding carboxylic acids is 2. The zero-order valence-corrected chi connectivity index (χ0v) is 13.9. The van der Waals surface area contributed by atoms with E-state index in [2.05, 4.69) is 4.98 Å². The predicted octanol–water partition coefficient (Wildman–Crippen LogP) is 4.30. The van der Waals surface area contributed by atoms with E-state index < -0.39 is 12.1 Å². The zero-order chi connectivity index (χ0) is 16.2. The summed E-state index contributed by atoms with van der Waals surface area (Å²) in [5.41, 5.74) is 0.747. The van der Waals surface area contributed by atoms with Crippen molar-refractivity contribution in [3.8, 4) is 9.88 Å². The summed E-state index contributed by atoms with van der Waals surface area (Å²) in [6.07, 6.45) is -0.850. The number of rotatable bonds is 5. The molecule has 0 amide bonds. The number of ketones is 1. The summed E-state index contributed by atoms with van der Waals surface area (Å²) in [7, 11) is 0. The van der Waals surface area contributed by atoms with Gasteiger partial charge < -0.3 is 4.74 Å². The maximum atomic E-state index is 12.2. The number of hydrogen-bond acceptors (Lipinski definition) is 6. The molecule has 1 aromatic carbocycles. The number of carbonyl (C=O) groups is 2. The Balaban J connectivity index is 1.68. The van der Waals surface area contributed by atoms with Gasteiger partial charge in [-0.15, -0.1) is 22.7 Å². The van der Waals surface area contributed by atoms with Gasteiger partial charge in [0.1, 0.15) is 5.01 Å². The Morgan fingerprint density at radius 1 is 1.09 bits per heavy atom. The lowest BCUT2D eigenvalue weighted by Crippen LogP contribution is -2.24. The number of thiazole rings is 1. The quantitative estimate of drug-likeness (QED) is 0.512. The van der Waals surface area contributed by atoms with Gasteiger partial charge in [-0.05, 0) is 18.4 Å². The van der Waals surface area contributed by atoms with Crippen LogP contribution in [-0.4, -0.2) is 22.8 Å².